The third-order valence-corrected chi connectivity index (χ3v) is 9.33. The number of carbonyl (C=O) groups excluding carboxylic acids is 1. The van der Waals surface area contributed by atoms with Gasteiger partial charge in [-0.25, -0.2) is 9.98 Å². The Bertz CT molecular complexity index is 1460. The molecule has 4 heterocycles. The Morgan fingerprint density at radius 2 is 1.88 bits per heavy atom. The zero-order chi connectivity index (χ0) is 29.6. The molecule has 2 saturated heterocycles. The average molecular weight is 590 g/mol. The molecule has 0 bridgehead atoms. The molecule has 1 amide bonds. The highest BCUT2D eigenvalue weighted by molar-refractivity contribution is 7.21. The number of fused-ring (bicyclic) bond motifs is 1. The van der Waals surface area contributed by atoms with Gasteiger partial charge in [0, 0.05) is 38.1 Å². The van der Waals surface area contributed by atoms with Crippen LogP contribution in [-0.2, 0) is 4.74 Å². The molecule has 1 unspecified atom stereocenters. The minimum absolute atomic E-state index is 0.132. The number of hydrogen-bond donors (Lipinski definition) is 2. The van der Waals surface area contributed by atoms with Crippen molar-refractivity contribution in [3.05, 3.63) is 51.9 Å². The molecule has 6 rings (SSSR count). The van der Waals surface area contributed by atoms with Gasteiger partial charge < -0.3 is 25.6 Å². The summed E-state index contributed by atoms with van der Waals surface area (Å²) in [6.45, 7) is 8.54. The summed E-state index contributed by atoms with van der Waals surface area (Å²) in [5, 5.41) is 2.75. The summed E-state index contributed by atoms with van der Waals surface area (Å²) < 4.78 is 6.54. The van der Waals surface area contributed by atoms with Gasteiger partial charge in [0.2, 0.25) is 0 Å². The van der Waals surface area contributed by atoms with E-state index in [9.17, 15) is 4.79 Å². The minimum atomic E-state index is 0.132. The lowest BCUT2D eigenvalue weighted by atomic mass is 9.93. The molecule has 1 saturated carbocycles. The fourth-order valence-electron chi connectivity index (χ4n) is 5.71. The van der Waals surface area contributed by atoms with Gasteiger partial charge in [-0.15, -0.1) is 11.3 Å². The van der Waals surface area contributed by atoms with Crippen LogP contribution in [0.2, 0.25) is 0 Å². The van der Waals surface area contributed by atoms with Gasteiger partial charge in [-0.3, -0.25) is 4.79 Å². The van der Waals surface area contributed by atoms with Crippen LogP contribution in [-0.4, -0.2) is 80.5 Å². The second kappa shape index (κ2) is 13.8. The van der Waals surface area contributed by atoms with Crippen molar-refractivity contribution in [2.24, 2.45) is 22.6 Å². The second-order valence-corrected chi connectivity index (χ2v) is 12.5. The summed E-state index contributed by atoms with van der Waals surface area (Å²) in [5.74, 6) is 2.80. The van der Waals surface area contributed by atoms with Crippen molar-refractivity contribution in [1.29, 1.82) is 0 Å². The SMILES string of the molecule is CNC.Cc1cccc(/C(N)=C/C=N/c2nc(N3CCOCC3)c3sc(C(=O)N4CCCC(C5CC5)C4)c(C)c3n2)c1. The molecule has 0 spiro atoms. The lowest BCUT2D eigenvalue weighted by Crippen LogP contribution is -2.40. The van der Waals surface area contributed by atoms with Gasteiger partial charge in [0.15, 0.2) is 5.82 Å². The topological polar surface area (TPSA) is 109 Å². The summed E-state index contributed by atoms with van der Waals surface area (Å²) >= 11 is 1.52. The van der Waals surface area contributed by atoms with Crippen molar-refractivity contribution in [2.45, 2.75) is 39.5 Å². The molecule has 3 aliphatic rings. The van der Waals surface area contributed by atoms with E-state index in [-0.39, 0.29) is 5.91 Å². The summed E-state index contributed by atoms with van der Waals surface area (Å²) in [5.41, 5.74) is 10.7. The summed E-state index contributed by atoms with van der Waals surface area (Å²) in [4.78, 5) is 33.1. The van der Waals surface area contributed by atoms with Crippen LogP contribution in [0.25, 0.3) is 15.9 Å². The number of rotatable bonds is 6. The van der Waals surface area contributed by atoms with E-state index in [0.29, 0.717) is 30.8 Å². The number of allylic oxidation sites excluding steroid dienone is 1. The van der Waals surface area contributed by atoms with E-state index < -0.39 is 0 Å². The van der Waals surface area contributed by atoms with Crippen LogP contribution < -0.4 is 16.0 Å². The molecule has 2 aliphatic heterocycles. The molecule has 2 aromatic heterocycles. The predicted molar refractivity (Wildman–Crippen MR) is 173 cm³/mol. The van der Waals surface area contributed by atoms with Gasteiger partial charge in [-0.2, -0.15) is 4.98 Å². The Morgan fingerprint density at radius 1 is 1.12 bits per heavy atom. The van der Waals surface area contributed by atoms with Crippen LogP contribution >= 0.6 is 11.3 Å². The molecule has 42 heavy (non-hydrogen) atoms. The Labute approximate surface area is 252 Å². The second-order valence-electron chi connectivity index (χ2n) is 11.4. The number of carbonyl (C=O) groups is 1. The predicted octanol–water partition coefficient (Wildman–Crippen LogP) is 4.94. The number of aliphatic imine (C=N–C) groups is 1. The maximum Gasteiger partial charge on any atom is 0.264 e. The molecule has 9 nitrogen and oxygen atoms in total. The van der Waals surface area contributed by atoms with Gasteiger partial charge >= 0.3 is 0 Å². The van der Waals surface area contributed by atoms with Gasteiger partial charge in [-0.05, 0) is 88.7 Å². The van der Waals surface area contributed by atoms with Crippen LogP contribution in [0.1, 0.15) is 52.0 Å². The highest BCUT2D eigenvalue weighted by Crippen LogP contribution is 2.42. The lowest BCUT2D eigenvalue weighted by Gasteiger charge is -2.32. The first-order chi connectivity index (χ1) is 20.4. The molecule has 0 radical (unpaired) electrons. The fourth-order valence-corrected chi connectivity index (χ4v) is 6.94. The van der Waals surface area contributed by atoms with E-state index in [0.717, 1.165) is 76.1 Å². The van der Waals surface area contributed by atoms with E-state index in [1.165, 1.54) is 30.6 Å². The highest BCUT2D eigenvalue weighted by Gasteiger charge is 2.36. The monoisotopic (exact) mass is 589 g/mol. The van der Waals surface area contributed by atoms with E-state index in [1.54, 1.807) is 12.3 Å². The van der Waals surface area contributed by atoms with Crippen LogP contribution in [0.4, 0.5) is 11.8 Å². The number of hydrogen-bond acceptors (Lipinski definition) is 9. The Hall–Kier alpha value is -3.34. The smallest absolute Gasteiger partial charge is 0.264 e. The molecule has 1 atom stereocenters. The standard InChI is InChI=1S/C30H36N6O2S.C2H7N/c1-19-5-3-6-22(17-19)24(31)10-11-32-30-33-25-20(2)26(29(37)36-12-4-7-23(18-36)21-8-9-21)39-27(25)28(34-30)35-13-15-38-16-14-35;1-3-2/h3,5-6,10-11,17,21,23H,4,7-9,12-16,18,31H2,1-2H3;3H,1-2H3/b24-10-,32-11+;. The third kappa shape index (κ3) is 6.99. The normalized spacial score (nSPS) is 19.7. The summed E-state index contributed by atoms with van der Waals surface area (Å²) in [7, 11) is 3.75. The van der Waals surface area contributed by atoms with E-state index in [2.05, 4.69) is 20.1 Å². The molecule has 3 fully saturated rings. The third-order valence-electron chi connectivity index (χ3n) is 8.07. The molecule has 1 aromatic carbocycles. The van der Waals surface area contributed by atoms with Crippen molar-refractivity contribution in [1.82, 2.24) is 20.2 Å². The number of nitrogens with zero attached hydrogens (tertiary/aromatic N) is 5. The maximum atomic E-state index is 13.8. The Kier molecular flexibility index (Phi) is 9.87. The van der Waals surface area contributed by atoms with Crippen LogP contribution in [0.5, 0.6) is 0 Å². The molecule has 10 heteroatoms. The number of aryl methyl sites for hydroxylation is 2. The molecule has 1 aliphatic carbocycles. The van der Waals surface area contributed by atoms with Crippen molar-refractivity contribution < 1.29 is 9.53 Å². The average Bonchev–Trinajstić information content (AvgIpc) is 3.81. The first-order valence-electron chi connectivity index (χ1n) is 15.0. The van der Waals surface area contributed by atoms with Crippen molar-refractivity contribution >= 4 is 51.1 Å². The van der Waals surface area contributed by atoms with Crippen molar-refractivity contribution in [2.75, 3.05) is 58.4 Å². The number of ether oxygens (including phenoxy) is 1. The number of benzene rings is 1. The van der Waals surface area contributed by atoms with Gasteiger partial charge in [0.05, 0.1) is 28.3 Å². The van der Waals surface area contributed by atoms with E-state index >= 15 is 0 Å². The van der Waals surface area contributed by atoms with Crippen LogP contribution in [0.3, 0.4) is 0 Å². The number of nitrogens with one attached hydrogen (secondary N) is 1. The van der Waals surface area contributed by atoms with E-state index in [1.807, 2.05) is 52.2 Å². The Balaban J connectivity index is 0.00000113. The number of thiophene rings is 1. The lowest BCUT2D eigenvalue weighted by molar-refractivity contribution is 0.0664. The van der Waals surface area contributed by atoms with E-state index in [4.69, 9.17) is 20.4 Å². The van der Waals surface area contributed by atoms with Gasteiger partial charge in [0.25, 0.3) is 11.9 Å². The Morgan fingerprint density at radius 3 is 2.60 bits per heavy atom. The molecule has 3 N–H and O–H groups in total. The highest BCUT2D eigenvalue weighted by atomic mass is 32.1. The van der Waals surface area contributed by atoms with Gasteiger partial charge in [-0.1, -0.05) is 23.8 Å². The largest absolute Gasteiger partial charge is 0.398 e. The fraction of sp³-hybridized carbons (Fsp3) is 0.500. The number of nitrogens with two attached hydrogens (primary N) is 1. The number of anilines is 1. The summed E-state index contributed by atoms with van der Waals surface area (Å²) in [6, 6.07) is 8.05. The summed E-state index contributed by atoms with van der Waals surface area (Å²) in [6.07, 6.45) is 8.41. The quantitative estimate of drug-likeness (QED) is 0.392. The zero-order valence-electron chi connectivity index (χ0n) is 25.2. The van der Waals surface area contributed by atoms with Crippen LogP contribution in [0.15, 0.2) is 35.3 Å². The number of amides is 1. The van der Waals surface area contributed by atoms with Crippen molar-refractivity contribution in [3.63, 3.8) is 0 Å². The minimum Gasteiger partial charge on any atom is -0.398 e. The zero-order valence-corrected chi connectivity index (χ0v) is 26.0. The van der Waals surface area contributed by atoms with Gasteiger partial charge in [0.1, 0.15) is 0 Å². The number of likely N-dealkylation sites (tertiary alicyclic amines) is 1. The number of piperidine rings is 1. The molecular formula is C32H43N7O2S. The number of aromatic nitrogens is 2. The van der Waals surface area contributed by atoms with Crippen molar-refractivity contribution in [3.8, 4) is 0 Å². The van der Waals surface area contributed by atoms with Crippen LogP contribution in [0, 0.1) is 25.7 Å². The molecule has 3 aromatic rings. The first kappa shape index (κ1) is 30.1. The first-order valence-corrected chi connectivity index (χ1v) is 15.8. The number of morpholine rings is 1. The maximum absolute atomic E-state index is 13.8. The molecule has 224 valence electrons. The molecular weight excluding hydrogens is 546 g/mol.